The van der Waals surface area contributed by atoms with Gasteiger partial charge in [-0.2, -0.15) is 0 Å². The number of aliphatic carboxylic acids is 1. The van der Waals surface area contributed by atoms with Crippen LogP contribution in [0.2, 0.25) is 0 Å². The van der Waals surface area contributed by atoms with Gasteiger partial charge >= 0.3 is 12.0 Å². The van der Waals surface area contributed by atoms with Crippen LogP contribution in [0.3, 0.4) is 0 Å². The summed E-state index contributed by atoms with van der Waals surface area (Å²) in [6.07, 6.45) is 0. The Balaban J connectivity index is 2.41. The highest BCUT2D eigenvalue weighted by Crippen LogP contribution is 2.20. The molecule has 1 aliphatic heterocycles. The number of carbonyl (C=O) groups excluding carboxylic acids is 2. The van der Waals surface area contributed by atoms with Gasteiger partial charge in [-0.3, -0.25) is 4.79 Å². The summed E-state index contributed by atoms with van der Waals surface area (Å²) in [6, 6.07) is -1.34. The van der Waals surface area contributed by atoms with E-state index in [0.29, 0.717) is 11.6 Å². The Morgan fingerprint density at radius 3 is 2.67 bits per heavy atom. The normalized spacial score (nSPS) is 18.8. The number of hydrogen-bond acceptors (Lipinski definition) is 4. The molecule has 1 atom stereocenters. The summed E-state index contributed by atoms with van der Waals surface area (Å²) in [7, 11) is 0. The van der Waals surface area contributed by atoms with E-state index in [4.69, 9.17) is 5.11 Å². The lowest BCUT2D eigenvalue weighted by molar-refractivity contribution is -0.140. The van der Waals surface area contributed by atoms with Gasteiger partial charge in [0.1, 0.15) is 6.04 Å². The molecular formula is C10H17N3O4S. The lowest BCUT2D eigenvalue weighted by Gasteiger charge is -2.20. The molecule has 8 heteroatoms. The highest BCUT2D eigenvalue weighted by Gasteiger charge is 2.34. The predicted molar refractivity (Wildman–Crippen MR) is 67.3 cm³/mol. The third kappa shape index (κ3) is 4.10. The van der Waals surface area contributed by atoms with Crippen LogP contribution in [-0.4, -0.2) is 58.2 Å². The highest BCUT2D eigenvalue weighted by atomic mass is 32.2. The van der Waals surface area contributed by atoms with Gasteiger partial charge in [0.05, 0.1) is 12.4 Å². The van der Waals surface area contributed by atoms with E-state index in [1.807, 2.05) is 13.8 Å². The van der Waals surface area contributed by atoms with Crippen molar-refractivity contribution in [3.05, 3.63) is 0 Å². The first-order valence-electron chi connectivity index (χ1n) is 5.56. The molecular weight excluding hydrogens is 258 g/mol. The molecule has 18 heavy (non-hydrogen) atoms. The van der Waals surface area contributed by atoms with Gasteiger partial charge in [0.25, 0.3) is 0 Å². The fraction of sp³-hybridized carbons (Fsp3) is 0.700. The Morgan fingerprint density at radius 2 is 2.11 bits per heavy atom. The molecule has 1 aliphatic rings. The Kier molecular flexibility index (Phi) is 5.26. The van der Waals surface area contributed by atoms with Crippen molar-refractivity contribution in [1.29, 1.82) is 0 Å². The fourth-order valence-corrected chi connectivity index (χ4v) is 2.62. The molecule has 0 spiro atoms. The van der Waals surface area contributed by atoms with Gasteiger partial charge in [-0.05, 0) is 13.8 Å². The average Bonchev–Trinajstić information content (AvgIpc) is 2.73. The van der Waals surface area contributed by atoms with Gasteiger partial charge in [-0.1, -0.05) is 0 Å². The number of carboxylic acid groups (broad SMARTS) is 1. The van der Waals surface area contributed by atoms with E-state index < -0.39 is 18.0 Å². The van der Waals surface area contributed by atoms with Crippen molar-refractivity contribution >= 4 is 29.7 Å². The summed E-state index contributed by atoms with van der Waals surface area (Å²) in [4.78, 5) is 35.1. The summed E-state index contributed by atoms with van der Waals surface area (Å²) in [5.74, 6) is -0.617. The Labute approximate surface area is 109 Å². The second kappa shape index (κ2) is 6.48. The van der Waals surface area contributed by atoms with Crippen LogP contribution in [0, 0.1) is 0 Å². The first kappa shape index (κ1) is 14.6. The Bertz CT molecular complexity index is 348. The molecule has 0 aromatic rings. The van der Waals surface area contributed by atoms with Crippen LogP contribution < -0.4 is 10.6 Å². The Hall–Kier alpha value is -1.44. The number of nitrogens with one attached hydrogen (secondary N) is 2. The lowest BCUT2D eigenvalue weighted by atomic mass is 10.3. The van der Waals surface area contributed by atoms with Gasteiger partial charge in [0.15, 0.2) is 0 Å². The lowest BCUT2D eigenvalue weighted by Crippen LogP contribution is -2.49. The molecule has 0 aromatic heterocycles. The molecule has 3 N–H and O–H groups in total. The maximum atomic E-state index is 11.7. The van der Waals surface area contributed by atoms with Crippen LogP contribution >= 0.6 is 11.8 Å². The van der Waals surface area contributed by atoms with Crippen LogP contribution in [0.4, 0.5) is 4.79 Å². The SMILES string of the molecule is CC(C)NC(=O)CNC(=O)N1CSCC1C(=O)O. The number of rotatable bonds is 4. The van der Waals surface area contributed by atoms with Crippen LogP contribution in [0.15, 0.2) is 0 Å². The zero-order valence-electron chi connectivity index (χ0n) is 10.3. The van der Waals surface area contributed by atoms with Gasteiger partial charge in [-0.15, -0.1) is 11.8 Å². The quantitative estimate of drug-likeness (QED) is 0.653. The smallest absolute Gasteiger partial charge is 0.327 e. The third-order valence-corrected chi connectivity index (χ3v) is 3.29. The second-order valence-electron chi connectivity index (χ2n) is 4.20. The molecule has 0 aromatic carbocycles. The van der Waals surface area contributed by atoms with Crippen molar-refractivity contribution < 1.29 is 19.5 Å². The van der Waals surface area contributed by atoms with Crippen molar-refractivity contribution in [3.63, 3.8) is 0 Å². The molecule has 1 fully saturated rings. The zero-order valence-corrected chi connectivity index (χ0v) is 11.1. The maximum absolute atomic E-state index is 11.7. The molecule has 1 saturated heterocycles. The van der Waals surface area contributed by atoms with Crippen molar-refractivity contribution in [1.82, 2.24) is 15.5 Å². The molecule has 102 valence electrons. The van der Waals surface area contributed by atoms with Gasteiger partial charge < -0.3 is 20.6 Å². The van der Waals surface area contributed by atoms with E-state index >= 15 is 0 Å². The van der Waals surface area contributed by atoms with Crippen molar-refractivity contribution in [2.24, 2.45) is 0 Å². The minimum atomic E-state index is -1.03. The highest BCUT2D eigenvalue weighted by molar-refractivity contribution is 7.99. The average molecular weight is 275 g/mol. The number of hydrogen-bond donors (Lipinski definition) is 3. The van der Waals surface area contributed by atoms with E-state index in [1.165, 1.54) is 16.7 Å². The number of carbonyl (C=O) groups is 3. The van der Waals surface area contributed by atoms with E-state index in [9.17, 15) is 14.4 Å². The monoisotopic (exact) mass is 275 g/mol. The topological polar surface area (TPSA) is 98.7 Å². The number of amides is 3. The molecule has 1 heterocycles. The summed E-state index contributed by atoms with van der Waals surface area (Å²) in [5, 5.41) is 14.0. The van der Waals surface area contributed by atoms with E-state index in [-0.39, 0.29) is 18.5 Å². The summed E-state index contributed by atoms with van der Waals surface area (Å²) >= 11 is 1.38. The number of carboxylic acids is 1. The fourth-order valence-electron chi connectivity index (χ4n) is 1.48. The second-order valence-corrected chi connectivity index (χ2v) is 5.20. The number of urea groups is 1. The molecule has 0 bridgehead atoms. The maximum Gasteiger partial charge on any atom is 0.327 e. The molecule has 7 nitrogen and oxygen atoms in total. The van der Waals surface area contributed by atoms with E-state index in [2.05, 4.69) is 10.6 Å². The first-order valence-corrected chi connectivity index (χ1v) is 6.71. The van der Waals surface area contributed by atoms with Gasteiger partial charge in [0, 0.05) is 11.8 Å². The van der Waals surface area contributed by atoms with Gasteiger partial charge in [-0.25, -0.2) is 9.59 Å². The van der Waals surface area contributed by atoms with Crippen molar-refractivity contribution in [3.8, 4) is 0 Å². The van der Waals surface area contributed by atoms with Crippen LogP contribution in [0.5, 0.6) is 0 Å². The molecule has 3 amide bonds. The minimum Gasteiger partial charge on any atom is -0.480 e. The summed E-state index contributed by atoms with van der Waals surface area (Å²) < 4.78 is 0. The van der Waals surface area contributed by atoms with Crippen LogP contribution in [0.25, 0.3) is 0 Å². The van der Waals surface area contributed by atoms with E-state index in [1.54, 1.807) is 0 Å². The molecule has 0 saturated carbocycles. The summed E-state index contributed by atoms with van der Waals surface area (Å²) in [5.41, 5.74) is 0. The Morgan fingerprint density at radius 1 is 1.44 bits per heavy atom. The van der Waals surface area contributed by atoms with Crippen LogP contribution in [-0.2, 0) is 9.59 Å². The number of thioether (sulfide) groups is 1. The van der Waals surface area contributed by atoms with Crippen molar-refractivity contribution in [2.45, 2.75) is 25.9 Å². The molecule has 0 aliphatic carbocycles. The molecule has 1 unspecified atom stereocenters. The largest absolute Gasteiger partial charge is 0.480 e. The molecule has 0 radical (unpaired) electrons. The minimum absolute atomic E-state index is 0.00325. The van der Waals surface area contributed by atoms with Crippen molar-refractivity contribution in [2.75, 3.05) is 18.2 Å². The standard InChI is InChI=1S/C10H17N3O4S/c1-6(2)12-8(14)3-11-10(17)13-5-18-4-7(13)9(15)16/h6-7H,3-5H2,1-2H3,(H,11,17)(H,12,14)(H,15,16). The number of nitrogens with zero attached hydrogens (tertiary/aromatic N) is 1. The molecule has 1 rings (SSSR count). The van der Waals surface area contributed by atoms with Crippen LogP contribution in [0.1, 0.15) is 13.8 Å². The van der Waals surface area contributed by atoms with E-state index in [0.717, 1.165) is 0 Å². The first-order chi connectivity index (χ1) is 8.41. The predicted octanol–water partition coefficient (Wildman–Crippen LogP) is -0.320. The zero-order chi connectivity index (χ0) is 13.7. The summed E-state index contributed by atoms with van der Waals surface area (Å²) in [6.45, 7) is 3.49. The third-order valence-electron chi connectivity index (χ3n) is 2.28. The van der Waals surface area contributed by atoms with Gasteiger partial charge in [0.2, 0.25) is 5.91 Å².